The summed E-state index contributed by atoms with van der Waals surface area (Å²) in [6.07, 6.45) is 0. The normalized spacial score (nSPS) is 14.6. The van der Waals surface area contributed by atoms with E-state index in [1.54, 1.807) is 0 Å². The van der Waals surface area contributed by atoms with Crippen LogP contribution in [0.3, 0.4) is 0 Å². The highest BCUT2D eigenvalue weighted by molar-refractivity contribution is 5.14. The van der Waals surface area contributed by atoms with E-state index in [1.165, 1.54) is 0 Å². The van der Waals surface area contributed by atoms with Gasteiger partial charge in [-0.1, -0.05) is 20.8 Å². The van der Waals surface area contributed by atoms with Crippen molar-refractivity contribution < 1.29 is 0 Å². The molecule has 74 valence electrons. The second kappa shape index (κ2) is 3.14. The summed E-state index contributed by atoms with van der Waals surface area (Å²) in [5.74, 6) is 0. The van der Waals surface area contributed by atoms with Crippen LogP contribution in [0.25, 0.3) is 0 Å². The lowest BCUT2D eigenvalue weighted by Gasteiger charge is -2.26. The third-order valence-electron chi connectivity index (χ3n) is 2.29. The molecule has 0 bridgehead atoms. The fraction of sp³-hybridized carbons (Fsp3) is 0.700. The molecule has 0 aliphatic heterocycles. The van der Waals surface area contributed by atoms with Gasteiger partial charge in [0, 0.05) is 7.05 Å². The Morgan fingerprint density at radius 1 is 1.46 bits per heavy atom. The fourth-order valence-electron chi connectivity index (χ4n) is 1.37. The molecule has 1 atom stereocenters. The summed E-state index contributed by atoms with van der Waals surface area (Å²) < 4.78 is 1.87. The third kappa shape index (κ3) is 2.10. The van der Waals surface area contributed by atoms with Crippen LogP contribution < -0.4 is 5.73 Å². The van der Waals surface area contributed by atoms with Crippen molar-refractivity contribution >= 4 is 0 Å². The first-order chi connectivity index (χ1) is 5.82. The average Bonchev–Trinajstić information content (AvgIpc) is 2.26. The van der Waals surface area contributed by atoms with Crippen LogP contribution in [0.5, 0.6) is 0 Å². The van der Waals surface area contributed by atoms with Gasteiger partial charge in [-0.05, 0) is 18.4 Å². The van der Waals surface area contributed by atoms with E-state index in [2.05, 4.69) is 31.9 Å². The van der Waals surface area contributed by atoms with Crippen LogP contribution in [-0.4, -0.2) is 9.78 Å². The first kappa shape index (κ1) is 10.3. The zero-order valence-corrected chi connectivity index (χ0v) is 9.13. The van der Waals surface area contributed by atoms with Gasteiger partial charge in [-0.2, -0.15) is 5.10 Å². The first-order valence-electron chi connectivity index (χ1n) is 4.58. The quantitative estimate of drug-likeness (QED) is 0.717. The minimum Gasteiger partial charge on any atom is -0.322 e. The molecule has 0 aliphatic rings. The number of aromatic nitrogens is 2. The Kier molecular flexibility index (Phi) is 2.48. The van der Waals surface area contributed by atoms with Gasteiger partial charge in [-0.3, -0.25) is 4.68 Å². The van der Waals surface area contributed by atoms with E-state index in [9.17, 15) is 0 Å². The molecule has 0 saturated heterocycles. The van der Waals surface area contributed by atoms with Crippen molar-refractivity contribution in [2.45, 2.75) is 33.7 Å². The molecule has 0 fully saturated rings. The van der Waals surface area contributed by atoms with Gasteiger partial charge in [-0.25, -0.2) is 0 Å². The van der Waals surface area contributed by atoms with E-state index in [-0.39, 0.29) is 11.5 Å². The third-order valence-corrected chi connectivity index (χ3v) is 2.29. The maximum atomic E-state index is 6.13. The highest BCUT2D eigenvalue weighted by atomic mass is 15.3. The largest absolute Gasteiger partial charge is 0.322 e. The van der Waals surface area contributed by atoms with Gasteiger partial charge in [0.15, 0.2) is 0 Å². The van der Waals surface area contributed by atoms with Crippen molar-refractivity contribution in [2.75, 3.05) is 0 Å². The molecule has 0 amide bonds. The fourth-order valence-corrected chi connectivity index (χ4v) is 1.37. The Hall–Kier alpha value is -0.830. The van der Waals surface area contributed by atoms with Crippen molar-refractivity contribution in [3.05, 3.63) is 17.5 Å². The smallest absolute Gasteiger partial charge is 0.0597 e. The molecule has 0 radical (unpaired) electrons. The molecule has 3 heteroatoms. The molecule has 0 saturated carbocycles. The molecule has 1 aromatic heterocycles. The SMILES string of the molecule is Cc1cc(C(N)C(C)(C)C)n(C)n1. The molecular formula is C10H19N3. The van der Waals surface area contributed by atoms with Gasteiger partial charge in [-0.15, -0.1) is 0 Å². The second-order valence-corrected chi connectivity index (χ2v) is 4.68. The summed E-state index contributed by atoms with van der Waals surface area (Å²) in [4.78, 5) is 0. The molecule has 2 N–H and O–H groups in total. The average molecular weight is 181 g/mol. The van der Waals surface area contributed by atoms with Crippen molar-refractivity contribution in [1.82, 2.24) is 9.78 Å². The maximum Gasteiger partial charge on any atom is 0.0597 e. The van der Waals surface area contributed by atoms with Crippen LogP contribution in [-0.2, 0) is 7.05 Å². The predicted molar refractivity (Wildman–Crippen MR) is 54.3 cm³/mol. The summed E-state index contributed by atoms with van der Waals surface area (Å²) in [6.45, 7) is 8.40. The van der Waals surface area contributed by atoms with Crippen LogP contribution in [0.15, 0.2) is 6.07 Å². The van der Waals surface area contributed by atoms with E-state index in [0.29, 0.717) is 0 Å². The molecule has 3 nitrogen and oxygen atoms in total. The lowest BCUT2D eigenvalue weighted by molar-refractivity contribution is 0.314. The zero-order valence-electron chi connectivity index (χ0n) is 9.13. The standard InChI is InChI=1S/C10H19N3/c1-7-6-8(13(5)12-7)9(11)10(2,3)4/h6,9H,11H2,1-5H3. The van der Waals surface area contributed by atoms with E-state index in [4.69, 9.17) is 5.73 Å². The molecule has 0 spiro atoms. The Balaban J connectivity index is 3.01. The summed E-state index contributed by atoms with van der Waals surface area (Å²) in [6, 6.07) is 2.09. The number of hydrogen-bond donors (Lipinski definition) is 1. The Bertz CT molecular complexity index is 294. The number of rotatable bonds is 1. The maximum absolute atomic E-state index is 6.13. The van der Waals surface area contributed by atoms with Gasteiger partial charge in [0.2, 0.25) is 0 Å². The highest BCUT2D eigenvalue weighted by Gasteiger charge is 2.24. The summed E-state index contributed by atoms with van der Waals surface area (Å²) >= 11 is 0. The minimum absolute atomic E-state index is 0.0405. The van der Waals surface area contributed by atoms with Crippen molar-refractivity contribution in [2.24, 2.45) is 18.2 Å². The van der Waals surface area contributed by atoms with Crippen LogP contribution in [0.4, 0.5) is 0 Å². The number of nitrogens with zero attached hydrogens (tertiary/aromatic N) is 2. The molecule has 1 heterocycles. The Labute approximate surface area is 79.9 Å². The topological polar surface area (TPSA) is 43.8 Å². The molecule has 0 aliphatic carbocycles. The summed E-state index contributed by atoms with van der Waals surface area (Å²) in [5.41, 5.74) is 8.34. The van der Waals surface area contributed by atoms with E-state index < -0.39 is 0 Å². The summed E-state index contributed by atoms with van der Waals surface area (Å²) in [7, 11) is 1.94. The van der Waals surface area contributed by atoms with Crippen LogP contribution >= 0.6 is 0 Å². The number of hydrogen-bond acceptors (Lipinski definition) is 2. The van der Waals surface area contributed by atoms with Gasteiger partial charge >= 0.3 is 0 Å². The predicted octanol–water partition coefficient (Wildman–Crippen LogP) is 1.77. The Morgan fingerprint density at radius 3 is 2.31 bits per heavy atom. The first-order valence-corrected chi connectivity index (χ1v) is 4.58. The lowest BCUT2D eigenvalue weighted by atomic mass is 9.85. The number of nitrogens with two attached hydrogens (primary N) is 1. The van der Waals surface area contributed by atoms with E-state index in [0.717, 1.165) is 11.4 Å². The summed E-state index contributed by atoms with van der Waals surface area (Å²) in [5, 5.41) is 4.28. The van der Waals surface area contributed by atoms with Gasteiger partial charge in [0.1, 0.15) is 0 Å². The van der Waals surface area contributed by atoms with Gasteiger partial charge in [0.05, 0.1) is 17.4 Å². The van der Waals surface area contributed by atoms with Crippen LogP contribution in [0.2, 0.25) is 0 Å². The van der Waals surface area contributed by atoms with Crippen molar-refractivity contribution in [3.63, 3.8) is 0 Å². The molecule has 0 aromatic carbocycles. The Morgan fingerprint density at radius 2 is 2.00 bits per heavy atom. The second-order valence-electron chi connectivity index (χ2n) is 4.68. The minimum atomic E-state index is 0.0405. The molecule has 13 heavy (non-hydrogen) atoms. The van der Waals surface area contributed by atoms with Crippen LogP contribution in [0, 0.1) is 12.3 Å². The highest BCUT2D eigenvalue weighted by Crippen LogP contribution is 2.30. The van der Waals surface area contributed by atoms with E-state index in [1.807, 2.05) is 18.7 Å². The van der Waals surface area contributed by atoms with E-state index >= 15 is 0 Å². The van der Waals surface area contributed by atoms with Crippen molar-refractivity contribution in [1.29, 1.82) is 0 Å². The molecular weight excluding hydrogens is 162 g/mol. The van der Waals surface area contributed by atoms with Crippen molar-refractivity contribution in [3.8, 4) is 0 Å². The zero-order chi connectivity index (χ0) is 10.2. The van der Waals surface area contributed by atoms with Gasteiger partial charge in [0.25, 0.3) is 0 Å². The molecule has 1 rings (SSSR count). The lowest BCUT2D eigenvalue weighted by Crippen LogP contribution is -2.28. The number of aryl methyl sites for hydroxylation is 2. The monoisotopic (exact) mass is 181 g/mol. The molecule has 1 aromatic rings. The molecule has 1 unspecified atom stereocenters. The van der Waals surface area contributed by atoms with Crippen LogP contribution in [0.1, 0.15) is 38.2 Å². The van der Waals surface area contributed by atoms with Gasteiger partial charge < -0.3 is 5.73 Å².